The Labute approximate surface area is 82.3 Å². The molecule has 4 aliphatic carbocycles. The van der Waals surface area contributed by atoms with E-state index in [0.717, 1.165) is 17.3 Å². The number of hydrogen-bond acceptors (Lipinski definition) is 0. The molecule has 4 fully saturated rings. The Morgan fingerprint density at radius 2 is 1.55 bits per heavy atom. The molecule has 4 rings (SSSR count). The van der Waals surface area contributed by atoms with E-state index >= 15 is 0 Å². The van der Waals surface area contributed by atoms with E-state index in [2.05, 4.69) is 43.4 Å². The molecular weight excluding hydrogens is 247 g/mol. The van der Waals surface area contributed by atoms with E-state index < -0.39 is 0 Å². The second-order valence-corrected chi connectivity index (χ2v) is 7.56. The van der Waals surface area contributed by atoms with Gasteiger partial charge in [0.05, 0.1) is 0 Å². The summed E-state index contributed by atoms with van der Waals surface area (Å²) in [5.41, 5.74) is 1.37. The molecule has 4 saturated carbocycles. The summed E-state index contributed by atoms with van der Waals surface area (Å²) in [5.74, 6) is 2.21. The second kappa shape index (κ2) is 1.42. The van der Waals surface area contributed by atoms with E-state index in [1.54, 1.807) is 0 Å². The fraction of sp³-hybridized carbons (Fsp3) is 1.00. The van der Waals surface area contributed by atoms with Crippen molar-refractivity contribution in [3.63, 3.8) is 0 Å². The molecule has 11 heavy (non-hydrogen) atoms. The van der Waals surface area contributed by atoms with Gasteiger partial charge in [-0.2, -0.15) is 0 Å². The van der Waals surface area contributed by atoms with Crippen molar-refractivity contribution in [2.45, 2.75) is 37.0 Å². The lowest BCUT2D eigenvalue weighted by molar-refractivity contribution is 0.229. The third kappa shape index (κ3) is 0.448. The van der Waals surface area contributed by atoms with Gasteiger partial charge in [0.2, 0.25) is 0 Å². The number of rotatable bonds is 0. The van der Waals surface area contributed by atoms with Crippen LogP contribution in [-0.2, 0) is 0 Å². The van der Waals surface area contributed by atoms with Crippen LogP contribution in [0.5, 0.6) is 0 Å². The highest BCUT2D eigenvalue weighted by Gasteiger charge is 2.84. The van der Waals surface area contributed by atoms with E-state index in [4.69, 9.17) is 0 Å². The first-order chi connectivity index (χ1) is 4.93. The van der Waals surface area contributed by atoms with Crippen LogP contribution in [-0.4, -0.2) is 3.42 Å². The summed E-state index contributed by atoms with van der Waals surface area (Å²) < 4.78 is 0.675. The summed E-state index contributed by atoms with van der Waals surface area (Å²) in [6.07, 6.45) is 3.03. The van der Waals surface area contributed by atoms with Crippen molar-refractivity contribution in [2.24, 2.45) is 22.7 Å². The van der Waals surface area contributed by atoms with Crippen molar-refractivity contribution in [1.29, 1.82) is 0 Å². The second-order valence-electron chi connectivity index (χ2n) is 5.49. The van der Waals surface area contributed by atoms with Crippen molar-refractivity contribution in [2.75, 3.05) is 0 Å². The van der Waals surface area contributed by atoms with Crippen LogP contribution in [0.2, 0.25) is 0 Å². The molecule has 0 aliphatic heterocycles. The molecule has 0 N–H and O–H groups in total. The topological polar surface area (TPSA) is 0 Å². The monoisotopic (exact) mass is 262 g/mol. The normalized spacial score (nSPS) is 68.7. The smallest absolute Gasteiger partial charge is 0.0284 e. The van der Waals surface area contributed by atoms with Crippen molar-refractivity contribution >= 4 is 22.6 Å². The van der Waals surface area contributed by atoms with Gasteiger partial charge in [0.15, 0.2) is 0 Å². The Morgan fingerprint density at radius 3 is 1.64 bits per heavy atom. The molecule has 2 unspecified atom stereocenters. The Kier molecular flexibility index (Phi) is 0.926. The SMILES string of the molecule is CC12[C@@H]3CC(I)(C[C@@H]31)C2(C)C. The maximum Gasteiger partial charge on any atom is 0.0284 e. The standard InChI is InChI=1S/C10H15I/c1-8(2)9(3)6-4-10(8,11)5-7(6)9/h6-7H,4-5H2,1-3H3/t6-,7+,9?,10?. The zero-order valence-corrected chi connectivity index (χ0v) is 9.60. The zero-order chi connectivity index (χ0) is 8.07. The lowest BCUT2D eigenvalue weighted by Gasteiger charge is -2.35. The zero-order valence-electron chi connectivity index (χ0n) is 7.45. The van der Waals surface area contributed by atoms with Gasteiger partial charge < -0.3 is 0 Å². The van der Waals surface area contributed by atoms with Crippen LogP contribution in [0.15, 0.2) is 0 Å². The predicted octanol–water partition coefficient (Wildman–Crippen LogP) is 3.25. The molecule has 4 bridgehead atoms. The number of halogens is 1. The van der Waals surface area contributed by atoms with Crippen LogP contribution < -0.4 is 0 Å². The minimum atomic E-state index is 0.621. The van der Waals surface area contributed by atoms with E-state index in [1.165, 1.54) is 12.8 Å². The van der Waals surface area contributed by atoms with Crippen molar-refractivity contribution in [3.8, 4) is 0 Å². The van der Waals surface area contributed by atoms with E-state index in [0.29, 0.717) is 8.84 Å². The third-order valence-corrected chi connectivity index (χ3v) is 7.70. The first-order valence-electron chi connectivity index (χ1n) is 4.62. The van der Waals surface area contributed by atoms with Crippen molar-refractivity contribution in [3.05, 3.63) is 0 Å². The van der Waals surface area contributed by atoms with Crippen LogP contribution in [0.4, 0.5) is 0 Å². The van der Waals surface area contributed by atoms with Gasteiger partial charge in [-0.25, -0.2) is 0 Å². The molecule has 0 nitrogen and oxygen atoms in total. The summed E-state index contributed by atoms with van der Waals surface area (Å²) >= 11 is 2.74. The van der Waals surface area contributed by atoms with E-state index in [-0.39, 0.29) is 0 Å². The van der Waals surface area contributed by atoms with Crippen LogP contribution in [0.1, 0.15) is 33.6 Å². The lowest BCUT2D eigenvalue weighted by atomic mass is 9.76. The molecule has 0 radical (unpaired) electrons. The summed E-state index contributed by atoms with van der Waals surface area (Å²) in [5, 5.41) is 0. The molecule has 4 atom stereocenters. The van der Waals surface area contributed by atoms with Gasteiger partial charge in [-0.05, 0) is 35.5 Å². The highest BCUT2D eigenvalue weighted by molar-refractivity contribution is 14.1. The molecule has 0 spiro atoms. The van der Waals surface area contributed by atoms with Gasteiger partial charge in [-0.3, -0.25) is 0 Å². The van der Waals surface area contributed by atoms with Gasteiger partial charge in [0.25, 0.3) is 0 Å². The van der Waals surface area contributed by atoms with Gasteiger partial charge in [-0.1, -0.05) is 43.4 Å². The first kappa shape index (κ1) is 7.16. The summed E-state index contributed by atoms with van der Waals surface area (Å²) in [4.78, 5) is 0. The lowest BCUT2D eigenvalue weighted by Crippen LogP contribution is -2.33. The average Bonchev–Trinajstić information content (AvgIpc) is 2.20. The molecule has 0 amide bonds. The molecule has 0 saturated heterocycles. The Morgan fingerprint density at radius 1 is 1.09 bits per heavy atom. The van der Waals surface area contributed by atoms with Crippen LogP contribution in [0, 0.1) is 22.7 Å². The maximum atomic E-state index is 2.74. The fourth-order valence-electron chi connectivity index (χ4n) is 4.11. The van der Waals surface area contributed by atoms with Crippen molar-refractivity contribution in [1.82, 2.24) is 0 Å². The fourth-order valence-corrected chi connectivity index (χ4v) is 5.64. The average molecular weight is 262 g/mol. The molecule has 62 valence electrons. The number of hydrogen-bond donors (Lipinski definition) is 0. The highest BCUT2D eigenvalue weighted by Crippen LogP contribution is 2.89. The largest absolute Gasteiger partial charge is 0.0782 e. The minimum Gasteiger partial charge on any atom is -0.0782 e. The highest BCUT2D eigenvalue weighted by atomic mass is 127. The van der Waals surface area contributed by atoms with Crippen molar-refractivity contribution < 1.29 is 0 Å². The molecular formula is C10H15I. The molecule has 0 heterocycles. The van der Waals surface area contributed by atoms with Gasteiger partial charge in [0, 0.05) is 3.42 Å². The maximum absolute atomic E-state index is 2.74. The molecule has 0 aromatic heterocycles. The molecule has 0 aromatic rings. The Bertz CT molecular complexity index is 223. The Hall–Kier alpha value is 0.730. The molecule has 1 heteroatoms. The molecule has 0 aromatic carbocycles. The summed E-state index contributed by atoms with van der Waals surface area (Å²) in [7, 11) is 0. The van der Waals surface area contributed by atoms with E-state index in [9.17, 15) is 0 Å². The van der Waals surface area contributed by atoms with Crippen LogP contribution in [0.3, 0.4) is 0 Å². The minimum absolute atomic E-state index is 0.621. The summed E-state index contributed by atoms with van der Waals surface area (Å²) in [6, 6.07) is 0. The predicted molar refractivity (Wildman–Crippen MR) is 54.9 cm³/mol. The van der Waals surface area contributed by atoms with Crippen LogP contribution in [0.25, 0.3) is 0 Å². The Balaban J connectivity index is 2.20. The third-order valence-electron chi connectivity index (χ3n) is 5.47. The molecule has 4 aliphatic rings. The summed E-state index contributed by atoms with van der Waals surface area (Å²) in [6.45, 7) is 7.51. The quantitative estimate of drug-likeness (QED) is 0.464. The first-order valence-corrected chi connectivity index (χ1v) is 5.70. The number of alkyl halides is 1. The van der Waals surface area contributed by atoms with Crippen LogP contribution >= 0.6 is 22.6 Å². The van der Waals surface area contributed by atoms with Gasteiger partial charge in [0.1, 0.15) is 0 Å². The van der Waals surface area contributed by atoms with Gasteiger partial charge >= 0.3 is 0 Å². The van der Waals surface area contributed by atoms with Gasteiger partial charge in [-0.15, -0.1) is 0 Å². The van der Waals surface area contributed by atoms with E-state index in [1.807, 2.05) is 0 Å².